The van der Waals surface area contributed by atoms with Crippen LogP contribution in [-0.4, -0.2) is 43.7 Å². The third-order valence-electron chi connectivity index (χ3n) is 1.56. The quantitative estimate of drug-likeness (QED) is 0.215. The zero-order valence-corrected chi connectivity index (χ0v) is 9.26. The van der Waals surface area contributed by atoms with Crippen molar-refractivity contribution in [3.05, 3.63) is 0 Å². The maximum absolute atomic E-state index is 11.7. The smallest absolute Gasteiger partial charge is 0.449 e. The van der Waals surface area contributed by atoms with Crippen LogP contribution in [-0.2, 0) is 14.3 Å². The van der Waals surface area contributed by atoms with Gasteiger partial charge in [0.2, 0.25) is 0 Å². The number of carbonyl (C=O) groups excluding carboxylic acids is 2. The first-order chi connectivity index (χ1) is 8.23. The first kappa shape index (κ1) is 16.0. The minimum atomic E-state index is -5.11. The summed E-state index contributed by atoms with van der Waals surface area (Å²) < 4.78 is 38.8. The van der Waals surface area contributed by atoms with E-state index in [1.165, 1.54) is 0 Å². The highest BCUT2D eigenvalue weighted by molar-refractivity contribution is 5.82. The molecular formula is C8H13F3N4O3. The number of guanidine groups is 1. The summed E-state index contributed by atoms with van der Waals surface area (Å²) >= 11 is 0. The van der Waals surface area contributed by atoms with Gasteiger partial charge in [-0.15, -0.1) is 0 Å². The molecule has 0 unspecified atom stereocenters. The van der Waals surface area contributed by atoms with Crippen molar-refractivity contribution < 1.29 is 27.5 Å². The lowest BCUT2D eigenvalue weighted by Gasteiger charge is -2.08. The van der Waals surface area contributed by atoms with Crippen LogP contribution in [0.1, 0.15) is 6.42 Å². The highest BCUT2D eigenvalue weighted by Gasteiger charge is 2.41. The number of ether oxygens (including phenoxy) is 1. The number of carbonyl (C=O) groups is 2. The highest BCUT2D eigenvalue weighted by Crippen LogP contribution is 2.15. The molecule has 1 amide bonds. The lowest BCUT2D eigenvalue weighted by atomic mass is 10.4. The predicted octanol–water partition coefficient (Wildman–Crippen LogP) is -0.919. The molecule has 18 heavy (non-hydrogen) atoms. The average Bonchev–Trinajstić information content (AvgIpc) is 2.23. The Morgan fingerprint density at radius 1 is 1.22 bits per heavy atom. The van der Waals surface area contributed by atoms with Gasteiger partial charge in [-0.1, -0.05) is 0 Å². The molecule has 0 heterocycles. The van der Waals surface area contributed by atoms with Gasteiger partial charge in [0.15, 0.2) is 12.6 Å². The maximum atomic E-state index is 11.7. The van der Waals surface area contributed by atoms with E-state index < -0.39 is 24.7 Å². The molecule has 0 aliphatic carbocycles. The Labute approximate surface area is 100 Å². The van der Waals surface area contributed by atoms with Crippen LogP contribution in [0.2, 0.25) is 0 Å². The molecular weight excluding hydrogens is 257 g/mol. The zero-order chi connectivity index (χ0) is 14.2. The number of alkyl halides is 3. The number of nitrogens with two attached hydrogens (primary N) is 1. The van der Waals surface area contributed by atoms with Crippen molar-refractivity contribution in [3.8, 4) is 0 Å². The molecule has 0 atom stereocenters. The molecule has 0 aromatic rings. The van der Waals surface area contributed by atoms with Gasteiger partial charge < -0.3 is 21.1 Å². The van der Waals surface area contributed by atoms with Crippen LogP contribution in [0, 0.1) is 5.41 Å². The van der Waals surface area contributed by atoms with Gasteiger partial charge in [-0.05, 0) is 6.42 Å². The van der Waals surface area contributed by atoms with E-state index in [4.69, 9.17) is 11.1 Å². The third kappa shape index (κ3) is 8.19. The Kier molecular flexibility index (Phi) is 6.53. The van der Waals surface area contributed by atoms with Gasteiger partial charge in [0.1, 0.15) is 0 Å². The van der Waals surface area contributed by atoms with Crippen molar-refractivity contribution in [2.45, 2.75) is 12.6 Å². The van der Waals surface area contributed by atoms with Gasteiger partial charge in [-0.2, -0.15) is 13.2 Å². The summed E-state index contributed by atoms with van der Waals surface area (Å²) in [5, 5.41) is 11.5. The van der Waals surface area contributed by atoms with Crippen molar-refractivity contribution >= 4 is 17.8 Å². The van der Waals surface area contributed by atoms with Gasteiger partial charge in [-0.3, -0.25) is 10.2 Å². The van der Waals surface area contributed by atoms with Crippen LogP contribution >= 0.6 is 0 Å². The Balaban J connectivity index is 3.61. The van der Waals surface area contributed by atoms with E-state index in [1.807, 2.05) is 0 Å². The Bertz CT molecular complexity index is 319. The highest BCUT2D eigenvalue weighted by atomic mass is 19.4. The molecule has 0 fully saturated rings. The lowest BCUT2D eigenvalue weighted by Crippen LogP contribution is -2.35. The number of amides is 1. The second-order valence-corrected chi connectivity index (χ2v) is 3.12. The summed E-state index contributed by atoms with van der Waals surface area (Å²) in [4.78, 5) is 21.2. The Hall–Kier alpha value is -2.00. The van der Waals surface area contributed by atoms with E-state index >= 15 is 0 Å². The second kappa shape index (κ2) is 7.35. The number of rotatable bonds is 6. The number of hydrogen-bond donors (Lipinski definition) is 4. The normalized spacial score (nSPS) is 10.6. The minimum absolute atomic E-state index is 0.155. The van der Waals surface area contributed by atoms with Crippen molar-refractivity contribution in [1.82, 2.24) is 10.6 Å². The summed E-state index contributed by atoms with van der Waals surface area (Å²) in [6.45, 7) is -0.501. The SMILES string of the molecule is N=C(N)NCCCNC(=O)COC(=O)C(F)(F)F. The molecule has 0 spiro atoms. The number of hydrogen-bond acceptors (Lipinski definition) is 4. The third-order valence-corrected chi connectivity index (χ3v) is 1.56. The number of halogens is 3. The first-order valence-electron chi connectivity index (χ1n) is 4.82. The maximum Gasteiger partial charge on any atom is 0.490 e. The van der Waals surface area contributed by atoms with Crippen LogP contribution in [0.3, 0.4) is 0 Å². The summed E-state index contributed by atoms with van der Waals surface area (Å²) in [5.41, 5.74) is 4.98. The molecule has 0 aromatic carbocycles. The van der Waals surface area contributed by atoms with Gasteiger partial charge >= 0.3 is 12.1 Å². The second-order valence-electron chi connectivity index (χ2n) is 3.12. The van der Waals surface area contributed by atoms with Crippen LogP contribution < -0.4 is 16.4 Å². The topological polar surface area (TPSA) is 117 Å². The summed E-state index contributed by atoms with van der Waals surface area (Å²) in [5.74, 6) is -3.47. The van der Waals surface area contributed by atoms with Crippen LogP contribution in [0.5, 0.6) is 0 Å². The lowest BCUT2D eigenvalue weighted by molar-refractivity contribution is -0.199. The van der Waals surface area contributed by atoms with E-state index in [1.54, 1.807) is 0 Å². The standard InChI is InChI=1S/C8H13F3N4O3/c9-8(10,11)6(17)18-4-5(16)14-2-1-3-15-7(12)13/h1-4H2,(H,14,16)(H4,12,13,15). The van der Waals surface area contributed by atoms with Crippen LogP contribution in [0.4, 0.5) is 13.2 Å². The zero-order valence-electron chi connectivity index (χ0n) is 9.26. The van der Waals surface area contributed by atoms with E-state index in [9.17, 15) is 22.8 Å². The molecule has 0 saturated heterocycles. The number of esters is 1. The molecule has 0 aromatic heterocycles. The molecule has 10 heteroatoms. The Morgan fingerprint density at radius 3 is 2.28 bits per heavy atom. The van der Waals surface area contributed by atoms with E-state index in [2.05, 4.69) is 15.4 Å². The van der Waals surface area contributed by atoms with E-state index in [0.29, 0.717) is 13.0 Å². The molecule has 0 saturated carbocycles. The van der Waals surface area contributed by atoms with Gasteiger partial charge in [0.05, 0.1) is 0 Å². The van der Waals surface area contributed by atoms with E-state index in [0.717, 1.165) is 0 Å². The van der Waals surface area contributed by atoms with E-state index in [-0.39, 0.29) is 12.5 Å². The molecule has 5 N–H and O–H groups in total. The molecule has 0 rings (SSSR count). The first-order valence-corrected chi connectivity index (χ1v) is 4.82. The molecule has 104 valence electrons. The molecule has 7 nitrogen and oxygen atoms in total. The van der Waals surface area contributed by atoms with Gasteiger partial charge in [0.25, 0.3) is 5.91 Å². The van der Waals surface area contributed by atoms with Gasteiger partial charge in [-0.25, -0.2) is 4.79 Å². The van der Waals surface area contributed by atoms with Crippen molar-refractivity contribution in [2.24, 2.45) is 5.73 Å². The Morgan fingerprint density at radius 2 is 1.78 bits per heavy atom. The summed E-state index contributed by atoms with van der Waals surface area (Å²) in [7, 11) is 0. The summed E-state index contributed by atoms with van der Waals surface area (Å²) in [6, 6.07) is 0. The van der Waals surface area contributed by atoms with Crippen molar-refractivity contribution in [1.29, 1.82) is 5.41 Å². The fourth-order valence-corrected chi connectivity index (χ4v) is 0.803. The number of nitrogens with one attached hydrogen (secondary N) is 3. The fourth-order valence-electron chi connectivity index (χ4n) is 0.803. The monoisotopic (exact) mass is 270 g/mol. The summed E-state index contributed by atoms with van der Waals surface area (Å²) in [6.07, 6.45) is -4.69. The van der Waals surface area contributed by atoms with Crippen LogP contribution in [0.25, 0.3) is 0 Å². The van der Waals surface area contributed by atoms with Crippen molar-refractivity contribution in [2.75, 3.05) is 19.7 Å². The molecule has 0 aliphatic heterocycles. The van der Waals surface area contributed by atoms with Gasteiger partial charge in [0, 0.05) is 13.1 Å². The molecule has 0 aliphatic rings. The minimum Gasteiger partial charge on any atom is -0.449 e. The predicted molar refractivity (Wildman–Crippen MR) is 54.6 cm³/mol. The van der Waals surface area contributed by atoms with Crippen molar-refractivity contribution in [3.63, 3.8) is 0 Å². The molecule has 0 bridgehead atoms. The van der Waals surface area contributed by atoms with Crippen LogP contribution in [0.15, 0.2) is 0 Å². The average molecular weight is 270 g/mol. The largest absolute Gasteiger partial charge is 0.490 e. The fraction of sp³-hybridized carbons (Fsp3) is 0.625. The molecule has 0 radical (unpaired) electrons.